The van der Waals surface area contributed by atoms with Crippen LogP contribution in [-0.4, -0.2) is 19.2 Å². The highest BCUT2D eigenvalue weighted by atomic mass is 79.9. The second kappa shape index (κ2) is 3.84. The molecule has 0 aliphatic heterocycles. The highest BCUT2D eigenvalue weighted by molar-refractivity contribution is 9.10. The van der Waals surface area contributed by atoms with E-state index in [0.717, 1.165) is 14.7 Å². The standard InChI is InChI=1S/C9H8BrNO2S2/c1-2-15(12,13)9-11-7-4-3-6(10)5-8(7)14-9/h3-5H,2H2,1H3. The zero-order chi connectivity index (χ0) is 11.1. The van der Waals surface area contributed by atoms with Gasteiger partial charge in [0.2, 0.25) is 14.2 Å². The number of sulfone groups is 1. The first-order chi connectivity index (χ1) is 7.03. The molecule has 0 radical (unpaired) electrons. The van der Waals surface area contributed by atoms with E-state index in [1.807, 2.05) is 18.2 Å². The fourth-order valence-corrected chi connectivity index (χ4v) is 4.00. The number of rotatable bonds is 2. The van der Waals surface area contributed by atoms with E-state index in [4.69, 9.17) is 0 Å². The number of thiazole rings is 1. The lowest BCUT2D eigenvalue weighted by Crippen LogP contribution is -2.02. The molecule has 0 saturated heterocycles. The van der Waals surface area contributed by atoms with Crippen molar-refractivity contribution in [3.63, 3.8) is 0 Å². The largest absolute Gasteiger partial charge is 0.225 e. The van der Waals surface area contributed by atoms with Crippen LogP contribution in [0.3, 0.4) is 0 Å². The molecule has 0 aliphatic rings. The normalized spacial score (nSPS) is 12.1. The average molecular weight is 306 g/mol. The number of aromatic nitrogens is 1. The number of hydrogen-bond donors (Lipinski definition) is 0. The maximum atomic E-state index is 11.6. The molecule has 0 bridgehead atoms. The van der Waals surface area contributed by atoms with E-state index in [1.54, 1.807) is 6.92 Å². The molecular weight excluding hydrogens is 298 g/mol. The lowest BCUT2D eigenvalue weighted by Gasteiger charge is -1.91. The van der Waals surface area contributed by atoms with E-state index in [1.165, 1.54) is 11.3 Å². The molecule has 0 aliphatic carbocycles. The van der Waals surface area contributed by atoms with E-state index in [-0.39, 0.29) is 10.1 Å². The molecule has 3 nitrogen and oxygen atoms in total. The minimum absolute atomic E-state index is 0.0913. The van der Waals surface area contributed by atoms with E-state index in [0.29, 0.717) is 0 Å². The summed E-state index contributed by atoms with van der Waals surface area (Å²) in [7, 11) is -3.18. The minimum atomic E-state index is -3.18. The Hall–Kier alpha value is -0.460. The summed E-state index contributed by atoms with van der Waals surface area (Å²) in [6, 6.07) is 5.54. The first kappa shape index (κ1) is 11.0. The predicted molar refractivity (Wildman–Crippen MR) is 65.0 cm³/mol. The quantitative estimate of drug-likeness (QED) is 0.857. The summed E-state index contributed by atoms with van der Waals surface area (Å²) in [5.41, 5.74) is 0.732. The molecule has 80 valence electrons. The summed E-state index contributed by atoms with van der Waals surface area (Å²) in [6.45, 7) is 1.62. The molecule has 15 heavy (non-hydrogen) atoms. The molecule has 0 spiro atoms. The minimum Gasteiger partial charge on any atom is -0.225 e. The van der Waals surface area contributed by atoms with Crippen LogP contribution in [0.1, 0.15) is 6.92 Å². The van der Waals surface area contributed by atoms with Crippen LogP contribution >= 0.6 is 27.3 Å². The first-order valence-corrected chi connectivity index (χ1v) is 7.58. The van der Waals surface area contributed by atoms with Crippen molar-refractivity contribution in [2.75, 3.05) is 5.75 Å². The molecular formula is C9H8BrNO2S2. The third-order valence-electron chi connectivity index (χ3n) is 1.98. The topological polar surface area (TPSA) is 47.0 Å². The number of halogens is 1. The Morgan fingerprint density at radius 1 is 1.47 bits per heavy atom. The van der Waals surface area contributed by atoms with Crippen molar-refractivity contribution in [3.05, 3.63) is 22.7 Å². The first-order valence-electron chi connectivity index (χ1n) is 4.32. The van der Waals surface area contributed by atoms with E-state index in [2.05, 4.69) is 20.9 Å². The smallest absolute Gasteiger partial charge is 0.210 e. The van der Waals surface area contributed by atoms with Gasteiger partial charge in [0.15, 0.2) is 0 Å². The van der Waals surface area contributed by atoms with Crippen LogP contribution < -0.4 is 0 Å². The Labute approximate surface area is 100 Å². The van der Waals surface area contributed by atoms with Gasteiger partial charge in [-0.05, 0) is 18.2 Å². The summed E-state index contributed by atoms with van der Waals surface area (Å²) < 4.78 is 25.2. The van der Waals surface area contributed by atoms with E-state index in [9.17, 15) is 8.42 Å². The van der Waals surface area contributed by atoms with Crippen LogP contribution in [0.2, 0.25) is 0 Å². The lowest BCUT2D eigenvalue weighted by atomic mass is 10.3. The van der Waals surface area contributed by atoms with Gasteiger partial charge in [0, 0.05) is 4.47 Å². The van der Waals surface area contributed by atoms with Crippen LogP contribution in [0.5, 0.6) is 0 Å². The van der Waals surface area contributed by atoms with E-state index < -0.39 is 9.84 Å². The molecule has 0 fully saturated rings. The molecule has 0 unspecified atom stereocenters. The molecule has 0 amide bonds. The van der Waals surface area contributed by atoms with Gasteiger partial charge in [-0.25, -0.2) is 13.4 Å². The highest BCUT2D eigenvalue weighted by Crippen LogP contribution is 2.28. The highest BCUT2D eigenvalue weighted by Gasteiger charge is 2.17. The monoisotopic (exact) mass is 305 g/mol. The van der Waals surface area contributed by atoms with Crippen molar-refractivity contribution < 1.29 is 8.42 Å². The van der Waals surface area contributed by atoms with Crippen molar-refractivity contribution >= 4 is 47.3 Å². The Kier molecular flexibility index (Phi) is 2.83. The van der Waals surface area contributed by atoms with Gasteiger partial charge in [-0.1, -0.05) is 22.9 Å². The van der Waals surface area contributed by atoms with Crippen LogP contribution in [0.4, 0.5) is 0 Å². The van der Waals surface area contributed by atoms with Gasteiger partial charge in [-0.2, -0.15) is 0 Å². The third kappa shape index (κ3) is 2.07. The second-order valence-corrected chi connectivity index (χ2v) is 7.39. The summed E-state index contributed by atoms with van der Waals surface area (Å²) in [4.78, 5) is 4.11. The fraction of sp³-hybridized carbons (Fsp3) is 0.222. The number of nitrogens with zero attached hydrogens (tertiary/aromatic N) is 1. The zero-order valence-corrected chi connectivity index (χ0v) is 11.1. The molecule has 6 heteroatoms. The van der Waals surface area contributed by atoms with Gasteiger partial charge in [0.1, 0.15) is 0 Å². The molecule has 0 N–H and O–H groups in total. The molecule has 0 saturated carbocycles. The SMILES string of the molecule is CCS(=O)(=O)c1nc2ccc(Br)cc2s1. The van der Waals surface area contributed by atoms with Crippen LogP contribution in [0.15, 0.2) is 27.0 Å². The summed E-state index contributed by atoms with van der Waals surface area (Å²) in [5, 5.41) is 0. The van der Waals surface area contributed by atoms with Crippen LogP contribution in [-0.2, 0) is 9.84 Å². The summed E-state index contributed by atoms with van der Waals surface area (Å²) >= 11 is 4.55. The maximum absolute atomic E-state index is 11.6. The summed E-state index contributed by atoms with van der Waals surface area (Å²) in [6.07, 6.45) is 0. The average Bonchev–Trinajstić information content (AvgIpc) is 2.61. The zero-order valence-electron chi connectivity index (χ0n) is 7.90. The molecule has 1 aromatic carbocycles. The fourth-order valence-electron chi connectivity index (χ4n) is 1.13. The Balaban J connectivity index is 2.67. The van der Waals surface area contributed by atoms with Gasteiger partial charge < -0.3 is 0 Å². The number of fused-ring (bicyclic) bond motifs is 1. The predicted octanol–water partition coefficient (Wildman–Crippen LogP) is 2.85. The van der Waals surface area contributed by atoms with Crippen molar-refractivity contribution in [1.29, 1.82) is 0 Å². The van der Waals surface area contributed by atoms with Gasteiger partial charge in [0.05, 0.1) is 16.0 Å². The van der Waals surface area contributed by atoms with E-state index >= 15 is 0 Å². The van der Waals surface area contributed by atoms with Gasteiger partial charge in [-0.3, -0.25) is 0 Å². The molecule has 1 heterocycles. The Morgan fingerprint density at radius 3 is 2.87 bits per heavy atom. The molecule has 1 aromatic heterocycles. The van der Waals surface area contributed by atoms with Crippen molar-refractivity contribution in [1.82, 2.24) is 4.98 Å². The molecule has 0 atom stereocenters. The lowest BCUT2D eigenvalue weighted by molar-refractivity contribution is 0.596. The molecule has 2 aromatic rings. The maximum Gasteiger partial charge on any atom is 0.210 e. The van der Waals surface area contributed by atoms with Crippen LogP contribution in [0.25, 0.3) is 10.2 Å². The van der Waals surface area contributed by atoms with Crippen molar-refractivity contribution in [3.8, 4) is 0 Å². The van der Waals surface area contributed by atoms with Gasteiger partial charge in [-0.15, -0.1) is 11.3 Å². The Bertz CT molecular complexity index is 604. The van der Waals surface area contributed by atoms with Crippen molar-refractivity contribution in [2.45, 2.75) is 11.3 Å². The van der Waals surface area contributed by atoms with Crippen molar-refractivity contribution in [2.24, 2.45) is 0 Å². The molecule has 2 rings (SSSR count). The van der Waals surface area contributed by atoms with Gasteiger partial charge >= 0.3 is 0 Å². The second-order valence-electron chi connectivity index (χ2n) is 3.00. The third-order valence-corrected chi connectivity index (χ3v) is 5.68. The number of benzene rings is 1. The van der Waals surface area contributed by atoms with Gasteiger partial charge in [0.25, 0.3) is 0 Å². The summed E-state index contributed by atoms with van der Waals surface area (Å²) in [5.74, 6) is 0.0913. The number of hydrogen-bond acceptors (Lipinski definition) is 4. The van der Waals surface area contributed by atoms with Crippen LogP contribution in [0, 0.1) is 0 Å². The Morgan fingerprint density at radius 2 is 2.20 bits per heavy atom.